The molecule has 1 amide bonds. The summed E-state index contributed by atoms with van der Waals surface area (Å²) in [5.41, 5.74) is 2.45. The average Bonchev–Trinajstić information content (AvgIpc) is 3.01. The number of aromatic amines is 1. The van der Waals surface area contributed by atoms with Gasteiger partial charge in [0.2, 0.25) is 5.91 Å². The molecule has 0 unspecified atom stereocenters. The van der Waals surface area contributed by atoms with E-state index in [0.29, 0.717) is 6.42 Å². The van der Waals surface area contributed by atoms with Gasteiger partial charge in [0.15, 0.2) is 0 Å². The SMILES string of the molecule is O=C(CCCc1cn[nH]c1)N1CCCN(Cc2ccncc2)CC1. The van der Waals surface area contributed by atoms with Crippen molar-refractivity contribution >= 4 is 5.91 Å². The minimum Gasteiger partial charge on any atom is -0.341 e. The van der Waals surface area contributed by atoms with Crippen LogP contribution in [0.3, 0.4) is 0 Å². The van der Waals surface area contributed by atoms with Gasteiger partial charge in [0.25, 0.3) is 0 Å². The fourth-order valence-corrected chi connectivity index (χ4v) is 3.14. The van der Waals surface area contributed by atoms with E-state index < -0.39 is 0 Å². The van der Waals surface area contributed by atoms with E-state index in [1.165, 1.54) is 11.1 Å². The highest BCUT2D eigenvalue weighted by Gasteiger charge is 2.18. The number of aromatic nitrogens is 3. The van der Waals surface area contributed by atoms with Gasteiger partial charge in [-0.05, 0) is 42.5 Å². The highest BCUT2D eigenvalue weighted by molar-refractivity contribution is 5.76. The summed E-state index contributed by atoms with van der Waals surface area (Å²) in [5, 5.41) is 6.74. The molecule has 1 aliphatic rings. The minimum absolute atomic E-state index is 0.282. The van der Waals surface area contributed by atoms with Crippen molar-refractivity contribution in [1.82, 2.24) is 25.0 Å². The Kier molecular flexibility index (Phi) is 5.96. The zero-order valence-corrected chi connectivity index (χ0v) is 14.0. The summed E-state index contributed by atoms with van der Waals surface area (Å²) in [6, 6.07) is 4.12. The number of H-pyrrole nitrogens is 1. The number of hydrogen-bond acceptors (Lipinski definition) is 4. The predicted molar refractivity (Wildman–Crippen MR) is 92.2 cm³/mol. The molecule has 3 rings (SSSR count). The van der Waals surface area contributed by atoms with Gasteiger partial charge in [-0.25, -0.2) is 0 Å². The van der Waals surface area contributed by atoms with Crippen LogP contribution in [0.1, 0.15) is 30.4 Å². The highest BCUT2D eigenvalue weighted by atomic mass is 16.2. The molecule has 1 saturated heterocycles. The maximum atomic E-state index is 12.4. The third-order valence-corrected chi connectivity index (χ3v) is 4.51. The van der Waals surface area contributed by atoms with E-state index in [9.17, 15) is 4.79 Å². The van der Waals surface area contributed by atoms with Crippen LogP contribution in [0.25, 0.3) is 0 Å². The number of amides is 1. The fourth-order valence-electron chi connectivity index (χ4n) is 3.14. The molecule has 2 aromatic rings. The van der Waals surface area contributed by atoms with Crippen LogP contribution in [0.4, 0.5) is 0 Å². The Hall–Kier alpha value is -2.21. The second-order valence-corrected chi connectivity index (χ2v) is 6.33. The van der Waals surface area contributed by atoms with Crippen molar-refractivity contribution in [2.75, 3.05) is 26.2 Å². The highest BCUT2D eigenvalue weighted by Crippen LogP contribution is 2.11. The van der Waals surface area contributed by atoms with Gasteiger partial charge in [-0.15, -0.1) is 0 Å². The molecule has 6 nitrogen and oxygen atoms in total. The summed E-state index contributed by atoms with van der Waals surface area (Å²) < 4.78 is 0. The largest absolute Gasteiger partial charge is 0.341 e. The van der Waals surface area contributed by atoms with Gasteiger partial charge < -0.3 is 4.90 Å². The monoisotopic (exact) mass is 327 g/mol. The molecule has 0 aromatic carbocycles. The molecule has 1 aliphatic heterocycles. The second kappa shape index (κ2) is 8.59. The maximum Gasteiger partial charge on any atom is 0.222 e. The molecule has 0 bridgehead atoms. The number of hydrogen-bond donors (Lipinski definition) is 1. The van der Waals surface area contributed by atoms with E-state index in [1.54, 1.807) is 0 Å². The quantitative estimate of drug-likeness (QED) is 0.879. The Morgan fingerprint density at radius 1 is 1.12 bits per heavy atom. The van der Waals surface area contributed by atoms with Crippen LogP contribution in [0, 0.1) is 0 Å². The summed E-state index contributed by atoms with van der Waals surface area (Å²) in [5.74, 6) is 0.282. The molecule has 0 radical (unpaired) electrons. The molecule has 0 atom stereocenters. The minimum atomic E-state index is 0.282. The first-order valence-corrected chi connectivity index (χ1v) is 8.68. The number of carbonyl (C=O) groups excluding carboxylic acids is 1. The van der Waals surface area contributed by atoms with Gasteiger partial charge in [-0.1, -0.05) is 0 Å². The van der Waals surface area contributed by atoms with Crippen molar-refractivity contribution in [3.05, 3.63) is 48.0 Å². The van der Waals surface area contributed by atoms with Crippen LogP contribution in [-0.2, 0) is 17.8 Å². The van der Waals surface area contributed by atoms with E-state index in [2.05, 4.69) is 32.2 Å². The second-order valence-electron chi connectivity index (χ2n) is 6.33. The lowest BCUT2D eigenvalue weighted by molar-refractivity contribution is -0.131. The van der Waals surface area contributed by atoms with E-state index in [0.717, 1.165) is 52.0 Å². The number of aryl methyl sites for hydroxylation is 1. The Bertz CT molecular complexity index is 614. The van der Waals surface area contributed by atoms with Crippen LogP contribution in [0.2, 0.25) is 0 Å². The van der Waals surface area contributed by atoms with Gasteiger partial charge in [-0.2, -0.15) is 5.10 Å². The van der Waals surface area contributed by atoms with Crippen molar-refractivity contribution in [2.24, 2.45) is 0 Å². The van der Waals surface area contributed by atoms with Gasteiger partial charge in [0, 0.05) is 57.7 Å². The molecule has 3 heterocycles. The van der Waals surface area contributed by atoms with E-state index in [-0.39, 0.29) is 5.91 Å². The zero-order valence-electron chi connectivity index (χ0n) is 14.0. The lowest BCUT2D eigenvalue weighted by atomic mass is 10.1. The van der Waals surface area contributed by atoms with Gasteiger partial charge in [0.1, 0.15) is 0 Å². The normalized spacial score (nSPS) is 16.1. The zero-order chi connectivity index (χ0) is 16.6. The topological polar surface area (TPSA) is 65.1 Å². The summed E-state index contributed by atoms with van der Waals surface area (Å²) in [6.45, 7) is 4.62. The molecular weight excluding hydrogens is 302 g/mol. The first kappa shape index (κ1) is 16.6. The third-order valence-electron chi connectivity index (χ3n) is 4.51. The van der Waals surface area contributed by atoms with E-state index in [1.807, 2.05) is 29.7 Å². The van der Waals surface area contributed by atoms with Crippen LogP contribution in [-0.4, -0.2) is 57.1 Å². The first-order valence-electron chi connectivity index (χ1n) is 8.68. The third kappa shape index (κ3) is 4.89. The molecule has 1 fully saturated rings. The van der Waals surface area contributed by atoms with Crippen molar-refractivity contribution < 1.29 is 4.79 Å². The smallest absolute Gasteiger partial charge is 0.222 e. The molecule has 0 saturated carbocycles. The summed E-state index contributed by atoms with van der Waals surface area (Å²) in [7, 11) is 0. The number of nitrogens with zero attached hydrogens (tertiary/aromatic N) is 4. The Labute approximate surface area is 142 Å². The maximum absolute atomic E-state index is 12.4. The Morgan fingerprint density at radius 2 is 2.00 bits per heavy atom. The molecule has 6 heteroatoms. The molecular formula is C18H25N5O. The van der Waals surface area contributed by atoms with Crippen molar-refractivity contribution in [3.8, 4) is 0 Å². The molecule has 2 aromatic heterocycles. The van der Waals surface area contributed by atoms with Gasteiger partial charge >= 0.3 is 0 Å². The summed E-state index contributed by atoms with van der Waals surface area (Å²) in [4.78, 5) is 20.9. The van der Waals surface area contributed by atoms with Gasteiger partial charge in [0.05, 0.1) is 6.20 Å². The van der Waals surface area contributed by atoms with E-state index >= 15 is 0 Å². The molecule has 128 valence electrons. The number of pyridine rings is 1. The Balaban J connectivity index is 1.42. The van der Waals surface area contributed by atoms with Crippen LogP contribution in [0.5, 0.6) is 0 Å². The molecule has 24 heavy (non-hydrogen) atoms. The fraction of sp³-hybridized carbons (Fsp3) is 0.500. The van der Waals surface area contributed by atoms with Gasteiger partial charge in [-0.3, -0.25) is 19.8 Å². The predicted octanol–water partition coefficient (Wildman–Crippen LogP) is 1.86. The molecule has 0 aliphatic carbocycles. The number of rotatable bonds is 6. The first-order chi connectivity index (χ1) is 11.8. The Morgan fingerprint density at radius 3 is 2.79 bits per heavy atom. The van der Waals surface area contributed by atoms with Crippen molar-refractivity contribution in [2.45, 2.75) is 32.2 Å². The molecule has 1 N–H and O–H groups in total. The average molecular weight is 327 g/mol. The van der Waals surface area contributed by atoms with Crippen LogP contribution >= 0.6 is 0 Å². The van der Waals surface area contributed by atoms with Crippen LogP contribution < -0.4 is 0 Å². The van der Waals surface area contributed by atoms with E-state index in [4.69, 9.17) is 0 Å². The summed E-state index contributed by atoms with van der Waals surface area (Å²) >= 11 is 0. The van der Waals surface area contributed by atoms with Crippen molar-refractivity contribution in [3.63, 3.8) is 0 Å². The molecule has 0 spiro atoms. The lowest BCUT2D eigenvalue weighted by Gasteiger charge is -2.22. The number of nitrogens with one attached hydrogen (secondary N) is 1. The standard InChI is InChI=1S/C18H25N5O/c24-18(4-1-3-17-13-20-21-14-17)23-10-2-9-22(11-12-23)15-16-5-7-19-8-6-16/h5-8,13-14H,1-4,9-12,15H2,(H,20,21). The lowest BCUT2D eigenvalue weighted by Crippen LogP contribution is -2.35. The van der Waals surface area contributed by atoms with Crippen LogP contribution in [0.15, 0.2) is 36.9 Å². The number of carbonyl (C=O) groups is 1. The summed E-state index contributed by atoms with van der Waals surface area (Å²) in [6.07, 6.45) is 10.8. The van der Waals surface area contributed by atoms with Crippen molar-refractivity contribution in [1.29, 1.82) is 0 Å².